The van der Waals surface area contributed by atoms with Crippen LogP contribution in [0.1, 0.15) is 12.0 Å². The molecule has 0 aliphatic carbocycles. The number of hydrogen-bond donors (Lipinski definition) is 1. The maximum absolute atomic E-state index is 11.4. The molecule has 14 heavy (non-hydrogen) atoms. The highest BCUT2D eigenvalue weighted by atomic mass is 79.9. The maximum atomic E-state index is 11.4. The second-order valence-corrected chi connectivity index (χ2v) is 5.56. The van der Waals surface area contributed by atoms with Gasteiger partial charge in [0.2, 0.25) is 0 Å². The van der Waals surface area contributed by atoms with E-state index in [9.17, 15) is 4.79 Å². The predicted molar refractivity (Wildman–Crippen MR) is 60.4 cm³/mol. The summed E-state index contributed by atoms with van der Waals surface area (Å²) in [7, 11) is 0. The van der Waals surface area contributed by atoms with E-state index in [-0.39, 0.29) is 6.03 Å². The van der Waals surface area contributed by atoms with Crippen molar-refractivity contribution in [3.63, 3.8) is 0 Å². The van der Waals surface area contributed by atoms with Gasteiger partial charge in [0.05, 0.1) is 3.79 Å². The Bertz CT molecular complexity index is 339. The molecule has 1 aliphatic heterocycles. The molecule has 0 atom stereocenters. The van der Waals surface area contributed by atoms with E-state index in [1.54, 1.807) is 11.3 Å². The average molecular weight is 275 g/mol. The first-order valence-electron chi connectivity index (χ1n) is 4.51. The molecule has 1 aromatic rings. The summed E-state index contributed by atoms with van der Waals surface area (Å²) in [5, 5.41) is 4.91. The lowest BCUT2D eigenvalue weighted by Crippen LogP contribution is -2.45. The van der Waals surface area contributed by atoms with Gasteiger partial charge in [-0.25, -0.2) is 4.79 Å². The zero-order valence-corrected chi connectivity index (χ0v) is 10.0. The highest BCUT2D eigenvalue weighted by molar-refractivity contribution is 9.11. The Labute approximate surface area is 95.2 Å². The van der Waals surface area contributed by atoms with Crippen molar-refractivity contribution in [2.75, 3.05) is 13.1 Å². The summed E-state index contributed by atoms with van der Waals surface area (Å²) in [6, 6.07) is 2.12. The molecule has 0 spiro atoms. The Morgan fingerprint density at radius 2 is 2.50 bits per heavy atom. The molecule has 5 heteroatoms. The molecule has 2 rings (SSSR count). The van der Waals surface area contributed by atoms with Crippen LogP contribution in [0, 0.1) is 0 Å². The summed E-state index contributed by atoms with van der Waals surface area (Å²) >= 11 is 5.06. The standard InChI is InChI=1S/C9H11BrN2OS/c10-8-4-7(6-14-8)5-12-3-1-2-11-9(12)13/h4,6H,1-3,5H2,(H,11,13). The number of thiophene rings is 1. The van der Waals surface area contributed by atoms with Gasteiger partial charge in [0.1, 0.15) is 0 Å². The number of halogens is 1. The van der Waals surface area contributed by atoms with Crippen LogP contribution in [0.15, 0.2) is 15.2 Å². The van der Waals surface area contributed by atoms with E-state index in [1.807, 2.05) is 4.90 Å². The fourth-order valence-corrected chi connectivity index (χ4v) is 2.68. The Morgan fingerprint density at radius 1 is 1.64 bits per heavy atom. The summed E-state index contributed by atoms with van der Waals surface area (Å²) in [5.41, 5.74) is 1.19. The number of rotatable bonds is 2. The fraction of sp³-hybridized carbons (Fsp3) is 0.444. The number of urea groups is 1. The first-order chi connectivity index (χ1) is 6.75. The second-order valence-electron chi connectivity index (χ2n) is 3.27. The van der Waals surface area contributed by atoms with Crippen molar-refractivity contribution in [3.8, 4) is 0 Å². The van der Waals surface area contributed by atoms with Crippen LogP contribution in [0.2, 0.25) is 0 Å². The highest BCUT2D eigenvalue weighted by Crippen LogP contribution is 2.22. The van der Waals surface area contributed by atoms with Crippen LogP contribution in [-0.4, -0.2) is 24.0 Å². The van der Waals surface area contributed by atoms with Crippen molar-refractivity contribution in [1.82, 2.24) is 10.2 Å². The first-order valence-corrected chi connectivity index (χ1v) is 6.18. The third-order valence-corrected chi connectivity index (χ3v) is 3.72. The lowest BCUT2D eigenvalue weighted by molar-refractivity contribution is 0.183. The lowest BCUT2D eigenvalue weighted by atomic mass is 10.2. The minimum absolute atomic E-state index is 0.0542. The van der Waals surface area contributed by atoms with Gasteiger partial charge in [-0.1, -0.05) is 0 Å². The van der Waals surface area contributed by atoms with E-state index in [4.69, 9.17) is 0 Å². The van der Waals surface area contributed by atoms with Gasteiger partial charge in [-0.3, -0.25) is 0 Å². The van der Waals surface area contributed by atoms with Gasteiger partial charge in [0, 0.05) is 19.6 Å². The van der Waals surface area contributed by atoms with E-state index in [2.05, 4.69) is 32.7 Å². The van der Waals surface area contributed by atoms with Crippen LogP contribution in [-0.2, 0) is 6.54 Å². The largest absolute Gasteiger partial charge is 0.338 e. The van der Waals surface area contributed by atoms with E-state index >= 15 is 0 Å². The van der Waals surface area contributed by atoms with E-state index in [1.165, 1.54) is 5.56 Å². The van der Waals surface area contributed by atoms with Gasteiger partial charge in [0.25, 0.3) is 0 Å². The van der Waals surface area contributed by atoms with Crippen molar-refractivity contribution >= 4 is 33.3 Å². The monoisotopic (exact) mass is 274 g/mol. The number of nitrogens with zero attached hydrogens (tertiary/aromatic N) is 1. The van der Waals surface area contributed by atoms with Crippen molar-refractivity contribution in [2.24, 2.45) is 0 Å². The molecule has 1 fully saturated rings. The van der Waals surface area contributed by atoms with Crippen molar-refractivity contribution < 1.29 is 4.79 Å². The van der Waals surface area contributed by atoms with Crippen LogP contribution in [0.25, 0.3) is 0 Å². The van der Waals surface area contributed by atoms with Crippen LogP contribution < -0.4 is 5.32 Å². The Morgan fingerprint density at radius 3 is 3.14 bits per heavy atom. The van der Waals surface area contributed by atoms with Crippen LogP contribution in [0.3, 0.4) is 0 Å². The third-order valence-electron chi connectivity index (χ3n) is 2.16. The van der Waals surface area contributed by atoms with Crippen molar-refractivity contribution in [3.05, 3.63) is 20.8 Å². The van der Waals surface area contributed by atoms with Gasteiger partial charge >= 0.3 is 6.03 Å². The van der Waals surface area contributed by atoms with Crippen molar-refractivity contribution in [2.45, 2.75) is 13.0 Å². The molecule has 2 amide bonds. The van der Waals surface area contributed by atoms with Gasteiger partial charge in [-0.15, -0.1) is 11.3 Å². The minimum atomic E-state index is 0.0542. The lowest BCUT2D eigenvalue weighted by Gasteiger charge is -2.26. The van der Waals surface area contributed by atoms with Crippen molar-refractivity contribution in [1.29, 1.82) is 0 Å². The summed E-state index contributed by atoms with van der Waals surface area (Å²) in [4.78, 5) is 13.3. The SMILES string of the molecule is O=C1NCCCN1Cc1csc(Br)c1. The van der Waals surface area contributed by atoms with Gasteiger partial charge in [-0.05, 0) is 39.4 Å². The van der Waals surface area contributed by atoms with E-state index < -0.39 is 0 Å². The molecule has 1 aromatic heterocycles. The molecule has 1 aliphatic rings. The van der Waals surface area contributed by atoms with Gasteiger partial charge in [0.15, 0.2) is 0 Å². The molecule has 2 heterocycles. The zero-order valence-electron chi connectivity index (χ0n) is 7.62. The molecule has 76 valence electrons. The molecule has 1 saturated heterocycles. The summed E-state index contributed by atoms with van der Waals surface area (Å²) in [6.07, 6.45) is 1.04. The Kier molecular flexibility index (Phi) is 3.08. The summed E-state index contributed by atoms with van der Waals surface area (Å²) < 4.78 is 1.12. The predicted octanol–water partition coefficient (Wildman–Crippen LogP) is 2.43. The molecule has 0 radical (unpaired) electrons. The number of amides is 2. The molecule has 1 N–H and O–H groups in total. The maximum Gasteiger partial charge on any atom is 0.317 e. The van der Waals surface area contributed by atoms with Crippen LogP contribution >= 0.6 is 27.3 Å². The molecule has 0 aromatic carbocycles. The topological polar surface area (TPSA) is 32.3 Å². The number of carbonyl (C=O) groups is 1. The van der Waals surface area contributed by atoms with Gasteiger partial charge < -0.3 is 10.2 Å². The molecular weight excluding hydrogens is 264 g/mol. The smallest absolute Gasteiger partial charge is 0.317 e. The quantitative estimate of drug-likeness (QED) is 0.883. The highest BCUT2D eigenvalue weighted by Gasteiger charge is 2.17. The Hall–Kier alpha value is -0.550. The first kappa shape index (κ1) is 9.98. The molecule has 0 saturated carbocycles. The van der Waals surface area contributed by atoms with Crippen LogP contribution in [0.4, 0.5) is 4.79 Å². The number of hydrogen-bond acceptors (Lipinski definition) is 2. The molecule has 0 bridgehead atoms. The van der Waals surface area contributed by atoms with Gasteiger partial charge in [-0.2, -0.15) is 0 Å². The normalized spacial score (nSPS) is 16.9. The second kappa shape index (κ2) is 4.31. The minimum Gasteiger partial charge on any atom is -0.338 e. The number of carbonyl (C=O) groups excluding carboxylic acids is 1. The molecular formula is C9H11BrN2OS. The van der Waals surface area contributed by atoms with Crippen LogP contribution in [0.5, 0.6) is 0 Å². The Balaban J connectivity index is 1.99. The van der Waals surface area contributed by atoms with E-state index in [0.717, 1.165) is 23.3 Å². The van der Waals surface area contributed by atoms with E-state index in [0.29, 0.717) is 6.54 Å². The summed E-state index contributed by atoms with van der Waals surface area (Å²) in [6.45, 7) is 2.38. The molecule has 3 nitrogen and oxygen atoms in total. The third kappa shape index (κ3) is 2.27. The summed E-state index contributed by atoms with van der Waals surface area (Å²) in [5.74, 6) is 0. The number of nitrogens with one attached hydrogen (secondary N) is 1. The molecule has 0 unspecified atom stereocenters. The average Bonchev–Trinajstić information content (AvgIpc) is 2.56. The zero-order chi connectivity index (χ0) is 9.97. The fourth-order valence-electron chi connectivity index (χ4n) is 1.48.